The number of hydrogen-bond acceptors (Lipinski definition) is 6. The third-order valence-electron chi connectivity index (χ3n) is 7.09. The van der Waals surface area contributed by atoms with Crippen molar-refractivity contribution in [1.82, 2.24) is 24.6 Å². The monoisotopic (exact) mass is 555 g/mol. The normalized spacial score (nSPS) is 21.8. The SMILES string of the molecule is CC(c1ccc(Cl)cc1Cl)n1nc(C(N)=O)c2ncc(N3CCC(N4CCCCC4)C(F)C3)nc21.Cl. The van der Waals surface area contributed by atoms with Crippen molar-refractivity contribution in [3.05, 3.63) is 45.7 Å². The summed E-state index contributed by atoms with van der Waals surface area (Å²) in [6, 6.07) is 4.77. The van der Waals surface area contributed by atoms with Crippen molar-refractivity contribution >= 4 is 58.5 Å². The first-order valence-corrected chi connectivity index (χ1v) is 12.7. The van der Waals surface area contributed by atoms with Gasteiger partial charge in [-0.2, -0.15) is 5.10 Å². The number of primary amides is 1. The number of anilines is 1. The van der Waals surface area contributed by atoms with Gasteiger partial charge in [-0.3, -0.25) is 9.69 Å². The van der Waals surface area contributed by atoms with Crippen LogP contribution in [0.1, 0.15) is 54.7 Å². The molecule has 1 aromatic carbocycles. The average Bonchev–Trinajstić information content (AvgIpc) is 3.23. The van der Waals surface area contributed by atoms with Crippen LogP contribution in [0.2, 0.25) is 10.0 Å². The van der Waals surface area contributed by atoms with Gasteiger partial charge in [-0.25, -0.2) is 19.0 Å². The Morgan fingerprint density at radius 3 is 2.61 bits per heavy atom. The second-order valence-corrected chi connectivity index (χ2v) is 10.2. The van der Waals surface area contributed by atoms with Crippen molar-refractivity contribution in [2.24, 2.45) is 5.73 Å². The highest BCUT2D eigenvalue weighted by Crippen LogP contribution is 2.32. The van der Waals surface area contributed by atoms with Crippen LogP contribution >= 0.6 is 35.6 Å². The molecular formula is C24H29Cl3FN7O. The van der Waals surface area contributed by atoms with Crippen LogP contribution in [-0.2, 0) is 0 Å². The molecule has 3 aromatic rings. The Hall–Kier alpha value is -2.20. The molecule has 0 radical (unpaired) electrons. The molecule has 194 valence electrons. The summed E-state index contributed by atoms with van der Waals surface area (Å²) in [7, 11) is 0. The molecule has 3 unspecified atom stereocenters. The number of hydrogen-bond donors (Lipinski definition) is 1. The molecule has 2 aromatic heterocycles. The molecule has 2 aliphatic heterocycles. The minimum Gasteiger partial charge on any atom is -0.364 e. The first kappa shape index (κ1) is 26.9. The molecule has 0 bridgehead atoms. The molecule has 8 nitrogen and oxygen atoms in total. The number of nitrogens with zero attached hydrogens (tertiary/aromatic N) is 6. The van der Waals surface area contributed by atoms with E-state index in [2.05, 4.69) is 15.0 Å². The van der Waals surface area contributed by atoms with Crippen LogP contribution in [0.15, 0.2) is 24.4 Å². The van der Waals surface area contributed by atoms with Crippen molar-refractivity contribution in [3.63, 3.8) is 0 Å². The van der Waals surface area contributed by atoms with Gasteiger partial charge in [-0.05, 0) is 57.0 Å². The molecule has 2 fully saturated rings. The first-order chi connectivity index (χ1) is 16.8. The highest BCUT2D eigenvalue weighted by atomic mass is 35.5. The number of carbonyl (C=O) groups is 1. The predicted molar refractivity (Wildman–Crippen MR) is 142 cm³/mol. The number of alkyl halides is 1. The van der Waals surface area contributed by atoms with Crippen LogP contribution in [0.4, 0.5) is 10.2 Å². The van der Waals surface area contributed by atoms with Gasteiger partial charge in [0.15, 0.2) is 11.3 Å². The second-order valence-electron chi connectivity index (χ2n) is 9.31. The number of benzene rings is 1. The van der Waals surface area contributed by atoms with Crippen LogP contribution in [0, 0.1) is 0 Å². The van der Waals surface area contributed by atoms with Gasteiger partial charge >= 0.3 is 0 Å². The summed E-state index contributed by atoms with van der Waals surface area (Å²) in [4.78, 5) is 25.5. The van der Waals surface area contributed by atoms with E-state index in [1.165, 1.54) is 6.42 Å². The van der Waals surface area contributed by atoms with Crippen molar-refractivity contribution in [3.8, 4) is 0 Å². The summed E-state index contributed by atoms with van der Waals surface area (Å²) in [5, 5.41) is 5.42. The molecule has 2 N–H and O–H groups in total. The Morgan fingerprint density at radius 2 is 1.94 bits per heavy atom. The minimum absolute atomic E-state index is 0. The van der Waals surface area contributed by atoms with Crippen LogP contribution < -0.4 is 10.6 Å². The smallest absolute Gasteiger partial charge is 0.271 e. The lowest BCUT2D eigenvalue weighted by atomic mass is 9.98. The minimum atomic E-state index is -0.975. The molecule has 36 heavy (non-hydrogen) atoms. The van der Waals surface area contributed by atoms with E-state index >= 15 is 4.39 Å². The van der Waals surface area contributed by atoms with Crippen molar-refractivity contribution in [1.29, 1.82) is 0 Å². The van der Waals surface area contributed by atoms with Gasteiger partial charge < -0.3 is 10.6 Å². The van der Waals surface area contributed by atoms with Crippen LogP contribution in [0.5, 0.6) is 0 Å². The molecule has 3 atom stereocenters. The summed E-state index contributed by atoms with van der Waals surface area (Å²) < 4.78 is 16.9. The molecule has 0 spiro atoms. The predicted octanol–water partition coefficient (Wildman–Crippen LogP) is 4.67. The zero-order valence-electron chi connectivity index (χ0n) is 19.9. The fourth-order valence-electron chi connectivity index (χ4n) is 5.22. The highest BCUT2D eigenvalue weighted by molar-refractivity contribution is 6.35. The first-order valence-electron chi connectivity index (χ1n) is 12.0. The molecule has 4 heterocycles. The number of piperidine rings is 2. The lowest BCUT2D eigenvalue weighted by molar-refractivity contribution is 0.0766. The average molecular weight is 557 g/mol. The van der Waals surface area contributed by atoms with Gasteiger partial charge in [0, 0.05) is 22.6 Å². The largest absolute Gasteiger partial charge is 0.364 e. The summed E-state index contributed by atoms with van der Waals surface area (Å²) in [5.41, 5.74) is 7.06. The fraction of sp³-hybridized carbons (Fsp3) is 0.500. The number of rotatable bonds is 5. The van der Waals surface area contributed by atoms with Gasteiger partial charge in [0.05, 0.1) is 18.8 Å². The highest BCUT2D eigenvalue weighted by Gasteiger charge is 2.35. The number of carbonyl (C=O) groups excluding carboxylic acids is 1. The zero-order valence-corrected chi connectivity index (χ0v) is 22.2. The fourth-order valence-corrected chi connectivity index (χ4v) is 5.79. The Balaban J connectivity index is 0.00000304. The van der Waals surface area contributed by atoms with E-state index in [1.807, 2.05) is 17.9 Å². The molecule has 12 heteroatoms. The summed E-state index contributed by atoms with van der Waals surface area (Å²) in [6.45, 7) is 4.75. The maximum absolute atomic E-state index is 15.3. The van der Waals surface area contributed by atoms with Crippen molar-refractivity contribution < 1.29 is 9.18 Å². The zero-order chi connectivity index (χ0) is 24.7. The number of halogens is 4. The Morgan fingerprint density at radius 1 is 1.19 bits per heavy atom. The van der Waals surface area contributed by atoms with E-state index in [0.29, 0.717) is 33.6 Å². The van der Waals surface area contributed by atoms with E-state index in [0.717, 1.165) is 37.9 Å². The number of aromatic nitrogens is 4. The molecule has 5 rings (SSSR count). The number of fused-ring (bicyclic) bond motifs is 1. The summed E-state index contributed by atoms with van der Waals surface area (Å²) in [5.74, 6) is -0.153. The van der Waals surface area contributed by atoms with Gasteiger partial charge in [-0.1, -0.05) is 35.7 Å². The topological polar surface area (TPSA) is 93.2 Å². The maximum atomic E-state index is 15.3. The van der Waals surface area contributed by atoms with Crippen molar-refractivity contribution in [2.75, 3.05) is 31.1 Å². The van der Waals surface area contributed by atoms with E-state index in [4.69, 9.17) is 33.9 Å². The molecule has 2 aliphatic rings. The van der Waals surface area contributed by atoms with Gasteiger partial charge in [0.25, 0.3) is 5.91 Å². The van der Waals surface area contributed by atoms with E-state index in [9.17, 15) is 4.79 Å². The Kier molecular flexibility index (Phi) is 8.24. The number of nitrogens with two attached hydrogens (primary N) is 1. The lowest BCUT2D eigenvalue weighted by Crippen LogP contribution is -2.54. The van der Waals surface area contributed by atoms with Crippen LogP contribution in [-0.4, -0.2) is 68.9 Å². The molecule has 2 saturated heterocycles. The maximum Gasteiger partial charge on any atom is 0.271 e. The van der Waals surface area contributed by atoms with Crippen molar-refractivity contribution in [2.45, 2.75) is 50.9 Å². The quantitative estimate of drug-likeness (QED) is 0.491. The third kappa shape index (κ3) is 5.11. The molecular weight excluding hydrogens is 528 g/mol. The summed E-state index contributed by atoms with van der Waals surface area (Å²) in [6.07, 6.45) is 4.81. The third-order valence-corrected chi connectivity index (χ3v) is 7.66. The van der Waals surface area contributed by atoms with Crippen LogP contribution in [0.3, 0.4) is 0 Å². The summed E-state index contributed by atoms with van der Waals surface area (Å²) >= 11 is 12.5. The number of amides is 1. The lowest BCUT2D eigenvalue weighted by Gasteiger charge is -2.42. The van der Waals surface area contributed by atoms with Gasteiger partial charge in [0.2, 0.25) is 0 Å². The molecule has 0 saturated carbocycles. The Bertz CT molecular complexity index is 1250. The second kappa shape index (κ2) is 11.0. The number of likely N-dealkylation sites (tertiary alicyclic amines) is 1. The van der Waals surface area contributed by atoms with Gasteiger partial charge in [-0.15, -0.1) is 12.4 Å². The molecule has 1 amide bonds. The van der Waals surface area contributed by atoms with Crippen LogP contribution in [0.25, 0.3) is 11.2 Å². The molecule has 0 aliphatic carbocycles. The van der Waals surface area contributed by atoms with E-state index < -0.39 is 12.1 Å². The van der Waals surface area contributed by atoms with E-state index in [-0.39, 0.29) is 36.7 Å². The van der Waals surface area contributed by atoms with E-state index in [1.54, 1.807) is 23.0 Å². The Labute approximate surface area is 225 Å². The standard InChI is InChI=1S/C24H28Cl2FN7O.ClH/c1-14(16-6-5-15(25)11-17(16)26)34-24-22(21(31-34)23(28)35)29-12-20(30-24)33-10-7-19(18(27)13-33)32-8-3-2-4-9-32;/h5-6,11-12,14,18-19H,2-4,7-10,13H2,1H3,(H2,28,35);1H. The van der Waals surface area contributed by atoms with Gasteiger partial charge in [0.1, 0.15) is 17.5 Å².